The summed E-state index contributed by atoms with van der Waals surface area (Å²) in [5, 5.41) is 17.1. The average Bonchev–Trinajstić information content (AvgIpc) is 3.15. The summed E-state index contributed by atoms with van der Waals surface area (Å²) in [7, 11) is 2.13. The van der Waals surface area contributed by atoms with E-state index in [1.165, 1.54) is 16.8 Å². The van der Waals surface area contributed by atoms with Crippen molar-refractivity contribution < 1.29 is 24.3 Å². The molecule has 0 radical (unpaired) electrons. The Bertz CT molecular complexity index is 956. The van der Waals surface area contributed by atoms with Crippen LogP contribution in [-0.2, 0) is 32.0 Å². The van der Waals surface area contributed by atoms with Gasteiger partial charge >= 0.3 is 5.97 Å². The first-order valence-corrected chi connectivity index (χ1v) is 12.8. The zero-order valence-electron chi connectivity index (χ0n) is 22.8. The first-order valence-electron chi connectivity index (χ1n) is 12.8. The van der Waals surface area contributed by atoms with Crippen molar-refractivity contribution in [1.29, 1.82) is 0 Å². The fourth-order valence-corrected chi connectivity index (χ4v) is 4.23. The van der Waals surface area contributed by atoms with Crippen molar-refractivity contribution in [3.63, 3.8) is 0 Å². The van der Waals surface area contributed by atoms with Crippen LogP contribution in [0.5, 0.6) is 0 Å². The van der Waals surface area contributed by atoms with Crippen LogP contribution < -0.4 is 32.6 Å². The average molecular weight is 534 g/mol. The highest BCUT2D eigenvalue weighted by Crippen LogP contribution is 2.34. The summed E-state index contributed by atoms with van der Waals surface area (Å²) in [6.07, 6.45) is 5.15. The minimum absolute atomic E-state index is 0.0227. The summed E-state index contributed by atoms with van der Waals surface area (Å²) in [4.78, 5) is 46.1. The number of para-hydroxylation sites is 1. The van der Waals surface area contributed by atoms with E-state index in [1.54, 1.807) is 0 Å². The van der Waals surface area contributed by atoms with Crippen LogP contribution in [0.1, 0.15) is 64.0 Å². The lowest BCUT2D eigenvalue weighted by atomic mass is 10.00. The van der Waals surface area contributed by atoms with Crippen molar-refractivity contribution in [3.05, 3.63) is 29.3 Å². The van der Waals surface area contributed by atoms with Gasteiger partial charge in [0.1, 0.15) is 12.1 Å². The number of likely N-dealkylation sites (N-methyl/N-ethyl adjacent to an activating group) is 1. The molecule has 1 aliphatic rings. The molecule has 8 N–H and O–H groups in total. The summed E-state index contributed by atoms with van der Waals surface area (Å²) in [6.45, 7) is 6.36. The van der Waals surface area contributed by atoms with Gasteiger partial charge in [-0.05, 0) is 43.2 Å². The van der Waals surface area contributed by atoms with Crippen LogP contribution in [-0.4, -0.2) is 60.7 Å². The summed E-state index contributed by atoms with van der Waals surface area (Å²) >= 11 is 0. The second kappa shape index (κ2) is 17.0. The Kier molecular flexibility index (Phi) is 14.4. The van der Waals surface area contributed by atoms with Gasteiger partial charge in [-0.25, -0.2) is 11.4 Å². The topological polar surface area (TPSA) is 192 Å². The molecule has 0 saturated heterocycles. The Morgan fingerprint density at radius 2 is 1.97 bits per heavy atom. The minimum Gasteiger partial charge on any atom is -0.481 e. The van der Waals surface area contributed by atoms with Gasteiger partial charge in [0.15, 0.2) is 0 Å². The molecule has 4 unspecified atom stereocenters. The molecule has 0 spiro atoms. The van der Waals surface area contributed by atoms with E-state index in [1.807, 2.05) is 5.53 Å². The number of hydrazone groups is 1. The third-order valence-electron chi connectivity index (χ3n) is 6.59. The highest BCUT2D eigenvalue weighted by molar-refractivity contribution is 5.82. The van der Waals surface area contributed by atoms with Crippen LogP contribution in [0.3, 0.4) is 0 Å². The molecule has 0 fully saturated rings. The molecule has 4 atom stereocenters. The van der Waals surface area contributed by atoms with Gasteiger partial charge in [0.05, 0.1) is 12.5 Å². The molecule has 0 aliphatic carbocycles. The Labute approximate surface area is 224 Å². The first kappa shape index (κ1) is 32.4. The number of nitrogens with two attached hydrogens (primary N) is 2. The number of amides is 2. The van der Waals surface area contributed by atoms with Gasteiger partial charge in [0, 0.05) is 37.7 Å². The number of fused-ring (bicyclic) bond motifs is 1. The molecule has 1 aromatic carbocycles. The Balaban J connectivity index is 0.000000442. The van der Waals surface area contributed by atoms with Crippen molar-refractivity contribution in [2.45, 2.75) is 83.8 Å². The summed E-state index contributed by atoms with van der Waals surface area (Å²) in [6, 6.07) is 5.94. The van der Waals surface area contributed by atoms with Gasteiger partial charge < -0.3 is 31.2 Å². The first-order chi connectivity index (χ1) is 18.1. The van der Waals surface area contributed by atoms with Gasteiger partial charge in [0.25, 0.3) is 0 Å². The van der Waals surface area contributed by atoms with Gasteiger partial charge in [-0.2, -0.15) is 5.10 Å². The maximum atomic E-state index is 12.0. The van der Waals surface area contributed by atoms with E-state index in [-0.39, 0.29) is 24.6 Å². The molecule has 12 heteroatoms. The predicted molar refractivity (Wildman–Crippen MR) is 147 cm³/mol. The lowest BCUT2D eigenvalue weighted by molar-refractivity contribution is -0.137. The van der Waals surface area contributed by atoms with E-state index in [0.29, 0.717) is 31.2 Å². The number of hydrogen-bond donors (Lipinski definition) is 6. The normalized spacial score (nSPS) is 16.7. The lowest BCUT2D eigenvalue weighted by Gasteiger charge is -2.22. The van der Waals surface area contributed by atoms with Gasteiger partial charge in [-0.1, -0.05) is 38.5 Å². The third kappa shape index (κ3) is 11.2. The van der Waals surface area contributed by atoms with E-state index in [2.05, 4.69) is 66.7 Å². The predicted octanol–water partition coefficient (Wildman–Crippen LogP) is 0.821. The van der Waals surface area contributed by atoms with Crippen LogP contribution in [0.2, 0.25) is 0 Å². The number of nitrogens with zero attached hydrogens (tertiary/aromatic N) is 2. The van der Waals surface area contributed by atoms with Crippen LogP contribution in [0.15, 0.2) is 23.3 Å². The minimum atomic E-state index is -1.03. The van der Waals surface area contributed by atoms with Crippen molar-refractivity contribution in [2.24, 2.45) is 22.6 Å². The molecular weight excluding hydrogens is 490 g/mol. The zero-order valence-corrected chi connectivity index (χ0v) is 22.8. The number of carbonyl (C=O) groups is 4. The fraction of sp³-hybridized carbons (Fsp3) is 0.577. The van der Waals surface area contributed by atoms with Gasteiger partial charge in [0.2, 0.25) is 12.3 Å². The lowest BCUT2D eigenvalue weighted by Crippen LogP contribution is -2.37. The number of carboxylic acids is 1. The van der Waals surface area contributed by atoms with Crippen molar-refractivity contribution >= 4 is 36.1 Å². The van der Waals surface area contributed by atoms with E-state index in [4.69, 9.17) is 16.7 Å². The number of aryl methyl sites for hydroxylation is 1. The second-order valence-electron chi connectivity index (χ2n) is 9.67. The largest absolute Gasteiger partial charge is 0.481 e. The number of anilines is 1. The highest BCUT2D eigenvalue weighted by atomic mass is 16.4. The molecule has 0 bridgehead atoms. The number of nitrogens with one attached hydrogen (secondary N) is 3. The zero-order chi connectivity index (χ0) is 28.7. The van der Waals surface area contributed by atoms with Crippen molar-refractivity contribution in [2.75, 3.05) is 11.9 Å². The number of rotatable bonds is 15. The summed E-state index contributed by atoms with van der Waals surface area (Å²) in [5.41, 5.74) is 11.3. The highest BCUT2D eigenvalue weighted by Gasteiger charge is 2.25. The van der Waals surface area contributed by atoms with E-state index >= 15 is 0 Å². The number of carbonyl (C=O) groups excluding carboxylic acids is 3. The molecule has 2 rings (SSSR count). The molecule has 1 aromatic rings. The Morgan fingerprint density at radius 3 is 2.55 bits per heavy atom. The van der Waals surface area contributed by atoms with Crippen LogP contribution in [0.4, 0.5) is 5.69 Å². The fourth-order valence-electron chi connectivity index (χ4n) is 4.23. The molecule has 1 aliphatic heterocycles. The van der Waals surface area contributed by atoms with E-state index in [0.717, 1.165) is 25.5 Å². The number of hydrazine groups is 1. The monoisotopic (exact) mass is 533 g/mol. The third-order valence-corrected chi connectivity index (χ3v) is 6.59. The summed E-state index contributed by atoms with van der Waals surface area (Å²) < 4.78 is 0. The van der Waals surface area contributed by atoms with Gasteiger partial charge in [-0.3, -0.25) is 14.4 Å². The second-order valence-corrected chi connectivity index (χ2v) is 9.67. The molecule has 0 aromatic heterocycles. The molecule has 12 nitrogen and oxygen atoms in total. The van der Waals surface area contributed by atoms with Gasteiger partial charge in [-0.15, -0.1) is 0 Å². The number of aliphatic carboxylic acids is 1. The molecule has 212 valence electrons. The maximum absolute atomic E-state index is 12.0. The quantitative estimate of drug-likeness (QED) is 0.0622. The molecule has 0 saturated carbocycles. The number of carboxylic acid groups (broad SMARTS) is 1. The SMILES string of the molecule is CCC(C)CC(=O)NC(C=O)CCc1cccc2c1N(C)C(C)C2.NN/N=C(\N)CC(CC(=O)O)NC=O. The van der Waals surface area contributed by atoms with E-state index in [9.17, 15) is 19.2 Å². The Hall–Kier alpha value is -3.67. The van der Waals surface area contributed by atoms with Crippen LogP contribution in [0, 0.1) is 5.92 Å². The molecular formula is C26H43N7O5. The van der Waals surface area contributed by atoms with E-state index < -0.39 is 18.1 Å². The maximum Gasteiger partial charge on any atom is 0.305 e. The van der Waals surface area contributed by atoms with Crippen LogP contribution in [0.25, 0.3) is 0 Å². The number of aldehydes is 1. The summed E-state index contributed by atoms with van der Waals surface area (Å²) in [5.74, 6) is 4.27. The van der Waals surface area contributed by atoms with Crippen molar-refractivity contribution in [3.8, 4) is 0 Å². The number of hydrogen-bond acceptors (Lipinski definition) is 8. The van der Waals surface area contributed by atoms with Crippen LogP contribution >= 0.6 is 0 Å². The smallest absolute Gasteiger partial charge is 0.305 e. The molecule has 38 heavy (non-hydrogen) atoms. The van der Waals surface area contributed by atoms with Crippen molar-refractivity contribution in [1.82, 2.24) is 16.2 Å². The number of benzene rings is 1. The standard InChI is InChI=1S/C20H30N2O2.C6H13N5O3/c1-5-14(2)11-19(24)21-18(13-23)10-9-16-7-6-8-17-12-15(3)22(4)20(16)17;7-5(10-11-8)1-4(9-3-12)2-6(13)14/h6-8,13-15,18H,5,9-12H2,1-4H3,(H,21,24);3-4,11H,1-2,8H2,(H2,7,10)(H,9,12)(H,13,14). The molecule has 1 heterocycles. The molecule has 2 amide bonds. The number of amidine groups is 1. The Morgan fingerprint density at radius 1 is 1.26 bits per heavy atom.